The molecule has 1 aliphatic rings. The van der Waals surface area contributed by atoms with Gasteiger partial charge in [0.2, 0.25) is 10.0 Å². The highest BCUT2D eigenvalue weighted by atomic mass is 32.2. The van der Waals surface area contributed by atoms with Gasteiger partial charge in [0.1, 0.15) is 0 Å². The van der Waals surface area contributed by atoms with Crippen LogP contribution in [0, 0.1) is 0 Å². The lowest BCUT2D eigenvalue weighted by Gasteiger charge is -2.35. The van der Waals surface area contributed by atoms with Crippen LogP contribution < -0.4 is 10.0 Å². The zero-order valence-electron chi connectivity index (χ0n) is 12.5. The molecule has 7 heteroatoms. The Hall–Kier alpha value is -0.820. The fourth-order valence-electron chi connectivity index (χ4n) is 2.40. The summed E-state index contributed by atoms with van der Waals surface area (Å²) in [7, 11) is -3.21. The summed E-state index contributed by atoms with van der Waals surface area (Å²) in [5, 5.41) is 2.92. The van der Waals surface area contributed by atoms with Gasteiger partial charge in [-0.05, 0) is 25.7 Å². The summed E-state index contributed by atoms with van der Waals surface area (Å²) < 4.78 is 24.8. The predicted octanol–water partition coefficient (Wildman–Crippen LogP) is 1.29. The first-order valence-corrected chi connectivity index (χ1v) is 9.32. The number of unbranched alkanes of at least 4 members (excludes halogenated alkanes) is 2. The topological polar surface area (TPSA) is 78.5 Å². The van der Waals surface area contributed by atoms with Crippen molar-refractivity contribution in [3.8, 4) is 0 Å². The van der Waals surface area contributed by atoms with Crippen molar-refractivity contribution in [2.24, 2.45) is 0 Å². The summed E-state index contributed by atoms with van der Waals surface area (Å²) in [5.41, 5.74) is 0. The number of hydrogen-bond donors (Lipinski definition) is 2. The second kappa shape index (κ2) is 8.46. The van der Waals surface area contributed by atoms with Crippen LogP contribution in [0.3, 0.4) is 0 Å². The average molecular weight is 305 g/mol. The van der Waals surface area contributed by atoms with Gasteiger partial charge in [0.15, 0.2) is 0 Å². The SMILES string of the molecule is CCCCCNC(=O)N1CCCC[C@@H]1CNS(C)(=O)=O. The van der Waals surface area contributed by atoms with E-state index >= 15 is 0 Å². The van der Waals surface area contributed by atoms with Crippen LogP contribution in [-0.2, 0) is 10.0 Å². The Balaban J connectivity index is 2.44. The van der Waals surface area contributed by atoms with Gasteiger partial charge in [0.05, 0.1) is 6.26 Å². The predicted molar refractivity (Wildman–Crippen MR) is 80.1 cm³/mol. The minimum Gasteiger partial charge on any atom is -0.338 e. The van der Waals surface area contributed by atoms with Gasteiger partial charge >= 0.3 is 6.03 Å². The van der Waals surface area contributed by atoms with Gasteiger partial charge in [-0.15, -0.1) is 0 Å². The molecule has 1 saturated heterocycles. The highest BCUT2D eigenvalue weighted by molar-refractivity contribution is 7.88. The lowest BCUT2D eigenvalue weighted by atomic mass is 10.0. The first-order chi connectivity index (χ1) is 9.44. The number of sulfonamides is 1. The summed E-state index contributed by atoms with van der Waals surface area (Å²) in [6, 6.07) is -0.106. The Kier molecular flexibility index (Phi) is 7.29. The monoisotopic (exact) mass is 305 g/mol. The Bertz CT molecular complexity index is 398. The highest BCUT2D eigenvalue weighted by Gasteiger charge is 2.26. The van der Waals surface area contributed by atoms with E-state index in [4.69, 9.17) is 0 Å². The molecule has 0 bridgehead atoms. The van der Waals surface area contributed by atoms with Crippen molar-refractivity contribution in [3.05, 3.63) is 0 Å². The second-order valence-corrected chi connectivity index (χ2v) is 7.24. The molecule has 1 aliphatic heterocycles. The first kappa shape index (κ1) is 17.2. The summed E-state index contributed by atoms with van der Waals surface area (Å²) in [6.07, 6.45) is 7.24. The van der Waals surface area contributed by atoms with Gasteiger partial charge in [-0.25, -0.2) is 17.9 Å². The van der Waals surface area contributed by atoms with E-state index in [0.29, 0.717) is 19.6 Å². The van der Waals surface area contributed by atoms with Crippen LogP contribution in [0.5, 0.6) is 0 Å². The molecule has 1 rings (SSSR count). The summed E-state index contributed by atoms with van der Waals surface area (Å²) in [4.78, 5) is 13.9. The molecule has 1 fully saturated rings. The third-order valence-electron chi connectivity index (χ3n) is 3.53. The van der Waals surface area contributed by atoms with Gasteiger partial charge in [-0.2, -0.15) is 0 Å². The molecule has 0 aromatic rings. The third kappa shape index (κ3) is 6.56. The van der Waals surface area contributed by atoms with Crippen LogP contribution in [0.4, 0.5) is 4.79 Å². The zero-order chi connectivity index (χ0) is 15.0. The molecule has 1 heterocycles. The van der Waals surface area contributed by atoms with Gasteiger partial charge in [-0.3, -0.25) is 0 Å². The van der Waals surface area contributed by atoms with Crippen molar-refractivity contribution >= 4 is 16.1 Å². The molecule has 0 aliphatic carbocycles. The van der Waals surface area contributed by atoms with Crippen LogP contribution in [0.1, 0.15) is 45.4 Å². The summed E-state index contributed by atoms with van der Waals surface area (Å²) in [6.45, 7) is 3.83. The molecule has 0 aromatic carbocycles. The molecule has 2 N–H and O–H groups in total. The van der Waals surface area contributed by atoms with E-state index in [1.807, 2.05) is 0 Å². The number of amides is 2. The Morgan fingerprint density at radius 1 is 1.30 bits per heavy atom. The lowest BCUT2D eigenvalue weighted by molar-refractivity contribution is 0.152. The molecule has 0 saturated carbocycles. The average Bonchev–Trinajstić information content (AvgIpc) is 2.40. The van der Waals surface area contributed by atoms with E-state index in [1.165, 1.54) is 0 Å². The number of urea groups is 1. The number of likely N-dealkylation sites (tertiary alicyclic amines) is 1. The molecule has 2 amide bonds. The molecule has 1 atom stereocenters. The molecule has 0 unspecified atom stereocenters. The van der Waals surface area contributed by atoms with Crippen LogP contribution in [0.15, 0.2) is 0 Å². The standard InChI is InChI=1S/C13H27N3O3S/c1-3-4-6-9-14-13(17)16-10-7-5-8-12(16)11-15-20(2,18)19/h12,15H,3-11H2,1-2H3,(H,14,17)/t12-/m1/s1. The van der Waals surface area contributed by atoms with Gasteiger partial charge in [0.25, 0.3) is 0 Å². The van der Waals surface area contributed by atoms with Gasteiger partial charge in [0, 0.05) is 25.7 Å². The van der Waals surface area contributed by atoms with E-state index in [-0.39, 0.29) is 12.1 Å². The van der Waals surface area contributed by atoms with Crippen molar-refractivity contribution in [1.29, 1.82) is 0 Å². The highest BCUT2D eigenvalue weighted by Crippen LogP contribution is 2.16. The maximum absolute atomic E-state index is 12.1. The lowest BCUT2D eigenvalue weighted by Crippen LogP contribution is -2.52. The molecular formula is C13H27N3O3S. The zero-order valence-corrected chi connectivity index (χ0v) is 13.3. The fourth-order valence-corrected chi connectivity index (χ4v) is 2.89. The molecule has 20 heavy (non-hydrogen) atoms. The van der Waals surface area contributed by atoms with Crippen LogP contribution in [-0.4, -0.2) is 51.3 Å². The molecular weight excluding hydrogens is 278 g/mol. The summed E-state index contributed by atoms with van der Waals surface area (Å²) in [5.74, 6) is 0. The Morgan fingerprint density at radius 3 is 2.70 bits per heavy atom. The second-order valence-electron chi connectivity index (χ2n) is 5.40. The van der Waals surface area contributed by atoms with Gasteiger partial charge in [-0.1, -0.05) is 19.8 Å². The normalized spacial score (nSPS) is 19.9. The number of rotatable bonds is 7. The number of hydrogen-bond acceptors (Lipinski definition) is 3. The van der Waals surface area contributed by atoms with Crippen molar-refractivity contribution in [2.45, 2.75) is 51.5 Å². The number of carbonyl (C=O) groups excluding carboxylic acids is 1. The molecule has 0 radical (unpaired) electrons. The smallest absolute Gasteiger partial charge is 0.317 e. The van der Waals surface area contributed by atoms with Crippen LogP contribution in [0.25, 0.3) is 0 Å². The third-order valence-corrected chi connectivity index (χ3v) is 4.22. The van der Waals surface area contributed by atoms with Crippen molar-refractivity contribution < 1.29 is 13.2 Å². The molecule has 0 aromatic heterocycles. The quantitative estimate of drug-likeness (QED) is 0.696. The fraction of sp³-hybridized carbons (Fsp3) is 0.923. The Labute approximate surface area is 122 Å². The van der Waals surface area contributed by atoms with Crippen LogP contribution in [0.2, 0.25) is 0 Å². The Morgan fingerprint density at radius 2 is 2.05 bits per heavy atom. The number of nitrogens with zero attached hydrogens (tertiary/aromatic N) is 1. The molecule has 118 valence electrons. The van der Waals surface area contributed by atoms with E-state index in [1.54, 1.807) is 4.90 Å². The van der Waals surface area contributed by atoms with Gasteiger partial charge < -0.3 is 10.2 Å². The van der Waals surface area contributed by atoms with Crippen LogP contribution >= 0.6 is 0 Å². The van der Waals surface area contributed by atoms with E-state index in [0.717, 1.165) is 44.8 Å². The number of nitrogens with one attached hydrogen (secondary N) is 2. The minimum absolute atomic E-state index is 0.0374. The largest absolute Gasteiger partial charge is 0.338 e. The van der Waals surface area contributed by atoms with Crippen molar-refractivity contribution in [2.75, 3.05) is 25.9 Å². The molecule has 0 spiro atoms. The number of piperidine rings is 1. The number of carbonyl (C=O) groups is 1. The summed E-state index contributed by atoms with van der Waals surface area (Å²) >= 11 is 0. The maximum Gasteiger partial charge on any atom is 0.317 e. The van der Waals surface area contributed by atoms with E-state index in [9.17, 15) is 13.2 Å². The maximum atomic E-state index is 12.1. The van der Waals surface area contributed by atoms with E-state index in [2.05, 4.69) is 17.0 Å². The minimum atomic E-state index is -3.21. The van der Waals surface area contributed by atoms with Crippen molar-refractivity contribution in [1.82, 2.24) is 14.9 Å². The van der Waals surface area contributed by atoms with Crippen molar-refractivity contribution in [3.63, 3.8) is 0 Å². The molecule has 6 nitrogen and oxygen atoms in total. The first-order valence-electron chi connectivity index (χ1n) is 7.43. The van der Waals surface area contributed by atoms with E-state index < -0.39 is 10.0 Å².